The van der Waals surface area contributed by atoms with Crippen molar-refractivity contribution in [2.75, 3.05) is 11.1 Å². The molecule has 0 atom stereocenters. The zero-order chi connectivity index (χ0) is 17.3. The smallest absolute Gasteiger partial charge is 0.234 e. The molecule has 1 heterocycles. The van der Waals surface area contributed by atoms with Gasteiger partial charge < -0.3 is 9.88 Å². The summed E-state index contributed by atoms with van der Waals surface area (Å²) in [5.74, 6) is -0.343. The lowest BCUT2D eigenvalue weighted by molar-refractivity contribution is -0.113. The fraction of sp³-hybridized carbons (Fsp3) is 0.438. The topological polar surface area (TPSA) is 59.8 Å². The summed E-state index contributed by atoms with van der Waals surface area (Å²) in [4.78, 5) is 12.0. The van der Waals surface area contributed by atoms with Crippen LogP contribution in [-0.2, 0) is 4.79 Å². The summed E-state index contributed by atoms with van der Waals surface area (Å²) in [7, 11) is 0. The van der Waals surface area contributed by atoms with Crippen LogP contribution in [0.3, 0.4) is 0 Å². The van der Waals surface area contributed by atoms with Gasteiger partial charge in [0.05, 0.1) is 11.4 Å². The van der Waals surface area contributed by atoms with Crippen LogP contribution in [-0.4, -0.2) is 26.4 Å². The quantitative estimate of drug-likeness (QED) is 0.805. The molecule has 1 saturated carbocycles. The minimum atomic E-state index is -0.797. The maximum absolute atomic E-state index is 13.6. The normalized spacial score (nSPS) is 14.2. The average Bonchev–Trinajstić information content (AvgIpc) is 3.27. The third-order valence-electron chi connectivity index (χ3n) is 3.69. The van der Waals surface area contributed by atoms with E-state index in [1.54, 1.807) is 0 Å². The minimum absolute atomic E-state index is 0.0361. The first-order chi connectivity index (χ1) is 11.5. The monoisotopic (exact) mass is 352 g/mol. The largest absolute Gasteiger partial charge is 0.323 e. The van der Waals surface area contributed by atoms with Crippen LogP contribution in [0.25, 0.3) is 0 Å². The van der Waals surface area contributed by atoms with Gasteiger partial charge in [0.25, 0.3) is 0 Å². The molecule has 0 spiro atoms. The Kier molecular flexibility index (Phi) is 4.84. The lowest BCUT2D eigenvalue weighted by Gasteiger charge is -2.13. The average molecular weight is 352 g/mol. The molecule has 1 fully saturated rings. The molecule has 24 heavy (non-hydrogen) atoms. The Morgan fingerprint density at radius 2 is 2.12 bits per heavy atom. The van der Waals surface area contributed by atoms with Crippen molar-refractivity contribution in [2.45, 2.75) is 43.8 Å². The molecule has 0 saturated heterocycles. The number of halogens is 2. The highest BCUT2D eigenvalue weighted by molar-refractivity contribution is 7.99. The summed E-state index contributed by atoms with van der Waals surface area (Å²) in [5, 5.41) is 11.5. The summed E-state index contributed by atoms with van der Waals surface area (Å²) in [6.45, 7) is 4.10. The molecule has 0 bridgehead atoms. The number of carbonyl (C=O) groups excluding carboxylic acids is 1. The van der Waals surface area contributed by atoms with E-state index >= 15 is 0 Å². The fourth-order valence-electron chi connectivity index (χ4n) is 2.40. The number of hydrogen-bond donors (Lipinski definition) is 1. The zero-order valence-electron chi connectivity index (χ0n) is 13.4. The number of rotatable bonds is 6. The molecule has 8 heteroatoms. The number of amides is 1. The van der Waals surface area contributed by atoms with E-state index in [-0.39, 0.29) is 23.4 Å². The van der Waals surface area contributed by atoms with E-state index in [1.807, 2.05) is 18.4 Å². The van der Waals surface area contributed by atoms with Crippen molar-refractivity contribution in [1.82, 2.24) is 14.8 Å². The van der Waals surface area contributed by atoms with Gasteiger partial charge in [-0.25, -0.2) is 8.78 Å². The lowest BCUT2D eigenvalue weighted by atomic mass is 10.3. The van der Waals surface area contributed by atoms with E-state index in [0.29, 0.717) is 11.1 Å². The molecule has 128 valence electrons. The van der Waals surface area contributed by atoms with Gasteiger partial charge in [0.1, 0.15) is 17.5 Å². The van der Waals surface area contributed by atoms with Gasteiger partial charge in [-0.15, -0.1) is 10.2 Å². The summed E-state index contributed by atoms with van der Waals surface area (Å²) in [6.07, 6.45) is 2.25. The van der Waals surface area contributed by atoms with Crippen LogP contribution in [0, 0.1) is 11.6 Å². The Bertz CT molecular complexity index is 759. The van der Waals surface area contributed by atoms with Gasteiger partial charge in [-0.3, -0.25) is 4.79 Å². The van der Waals surface area contributed by atoms with Crippen LogP contribution in [0.4, 0.5) is 14.5 Å². The van der Waals surface area contributed by atoms with E-state index in [4.69, 9.17) is 0 Å². The number of hydrogen-bond acceptors (Lipinski definition) is 4. The molecule has 0 unspecified atom stereocenters. The highest BCUT2D eigenvalue weighted by Crippen LogP contribution is 2.41. The van der Waals surface area contributed by atoms with Crippen LogP contribution >= 0.6 is 11.8 Å². The van der Waals surface area contributed by atoms with Crippen molar-refractivity contribution in [1.29, 1.82) is 0 Å². The summed E-state index contributed by atoms with van der Waals surface area (Å²) >= 11 is 1.26. The van der Waals surface area contributed by atoms with Crippen molar-refractivity contribution in [3.63, 3.8) is 0 Å². The molecule has 1 aromatic carbocycles. The summed E-state index contributed by atoms with van der Waals surface area (Å²) in [5.41, 5.74) is -0.0361. The van der Waals surface area contributed by atoms with Gasteiger partial charge in [0.2, 0.25) is 5.91 Å². The standard InChI is InChI=1S/C16H18F2N4OS/c1-9(2)22-15(10-3-4-10)20-21-16(22)24-8-14(23)19-13-6-5-11(17)7-12(13)18/h5-7,9-10H,3-4,8H2,1-2H3,(H,19,23). The van der Waals surface area contributed by atoms with Gasteiger partial charge in [0.15, 0.2) is 5.16 Å². The van der Waals surface area contributed by atoms with Gasteiger partial charge in [-0.05, 0) is 38.8 Å². The molecule has 2 aromatic rings. The fourth-order valence-corrected chi connectivity index (χ4v) is 3.27. The van der Waals surface area contributed by atoms with Crippen molar-refractivity contribution in [2.24, 2.45) is 0 Å². The molecule has 0 aliphatic heterocycles. The predicted molar refractivity (Wildman–Crippen MR) is 88.1 cm³/mol. The molecule has 1 N–H and O–H groups in total. The highest BCUT2D eigenvalue weighted by Gasteiger charge is 2.31. The Labute approximate surface area is 142 Å². The Balaban J connectivity index is 1.64. The molecule has 1 aliphatic carbocycles. The second-order valence-corrected chi connectivity index (χ2v) is 6.98. The van der Waals surface area contributed by atoms with Crippen molar-refractivity contribution >= 4 is 23.4 Å². The van der Waals surface area contributed by atoms with Crippen LogP contribution in [0.15, 0.2) is 23.4 Å². The predicted octanol–water partition coefficient (Wildman–Crippen LogP) is 3.75. The van der Waals surface area contributed by atoms with Crippen LogP contribution in [0.1, 0.15) is 44.5 Å². The first-order valence-electron chi connectivity index (χ1n) is 7.78. The molecule has 3 rings (SSSR count). The number of nitrogens with zero attached hydrogens (tertiary/aromatic N) is 3. The molecule has 5 nitrogen and oxygen atoms in total. The molecule has 0 radical (unpaired) electrons. The molecule has 1 aliphatic rings. The molecule has 1 aromatic heterocycles. The third-order valence-corrected chi connectivity index (χ3v) is 4.63. The van der Waals surface area contributed by atoms with E-state index in [2.05, 4.69) is 15.5 Å². The number of carbonyl (C=O) groups is 1. The molecular weight excluding hydrogens is 334 g/mol. The third kappa shape index (κ3) is 3.75. The maximum Gasteiger partial charge on any atom is 0.234 e. The van der Waals surface area contributed by atoms with Gasteiger partial charge in [0, 0.05) is 18.0 Å². The van der Waals surface area contributed by atoms with Gasteiger partial charge >= 0.3 is 0 Å². The van der Waals surface area contributed by atoms with E-state index in [1.165, 1.54) is 17.8 Å². The number of aromatic nitrogens is 3. The lowest BCUT2D eigenvalue weighted by Crippen LogP contribution is -2.16. The van der Waals surface area contributed by atoms with E-state index < -0.39 is 11.6 Å². The Hall–Kier alpha value is -1.96. The Morgan fingerprint density at radius 3 is 2.75 bits per heavy atom. The molecule has 1 amide bonds. The van der Waals surface area contributed by atoms with Crippen molar-refractivity contribution in [3.8, 4) is 0 Å². The highest BCUT2D eigenvalue weighted by atomic mass is 32.2. The number of benzene rings is 1. The summed E-state index contributed by atoms with van der Waals surface area (Å²) < 4.78 is 28.5. The number of nitrogens with one attached hydrogen (secondary N) is 1. The first-order valence-corrected chi connectivity index (χ1v) is 8.76. The zero-order valence-corrected chi connectivity index (χ0v) is 14.2. The van der Waals surface area contributed by atoms with Gasteiger partial charge in [-0.2, -0.15) is 0 Å². The van der Waals surface area contributed by atoms with E-state index in [0.717, 1.165) is 30.8 Å². The van der Waals surface area contributed by atoms with E-state index in [9.17, 15) is 13.6 Å². The molecular formula is C16H18F2N4OS. The maximum atomic E-state index is 13.6. The van der Waals surface area contributed by atoms with Crippen LogP contribution in [0.5, 0.6) is 0 Å². The van der Waals surface area contributed by atoms with Crippen molar-refractivity contribution < 1.29 is 13.6 Å². The Morgan fingerprint density at radius 1 is 1.38 bits per heavy atom. The first kappa shape index (κ1) is 16.9. The van der Waals surface area contributed by atoms with Crippen LogP contribution in [0.2, 0.25) is 0 Å². The number of anilines is 1. The van der Waals surface area contributed by atoms with Gasteiger partial charge in [-0.1, -0.05) is 11.8 Å². The summed E-state index contributed by atoms with van der Waals surface area (Å²) in [6, 6.07) is 3.24. The second-order valence-electron chi connectivity index (χ2n) is 6.04. The second kappa shape index (κ2) is 6.88. The SMILES string of the molecule is CC(C)n1c(SCC(=O)Nc2ccc(F)cc2F)nnc1C1CC1. The minimum Gasteiger partial charge on any atom is -0.323 e. The number of thioether (sulfide) groups is 1. The van der Waals surface area contributed by atoms with Crippen molar-refractivity contribution in [3.05, 3.63) is 35.7 Å². The van der Waals surface area contributed by atoms with Crippen LogP contribution < -0.4 is 5.32 Å².